The van der Waals surface area contributed by atoms with Crippen LogP contribution < -0.4 is 0 Å². The van der Waals surface area contributed by atoms with Crippen molar-refractivity contribution in [1.29, 1.82) is 0 Å². The molecule has 0 fully saturated rings. The number of aliphatic hydroxyl groups excluding tert-OH is 1. The number of sulfonamides is 1. The lowest BCUT2D eigenvalue weighted by atomic mass is 10.0. The molecule has 0 heterocycles. The SMILES string of the molecule is CC(C)(C)CS(=O)(=O)N(CCO)CC(F)(F)F. The van der Waals surface area contributed by atoms with E-state index in [-0.39, 0.29) is 4.31 Å². The Kier molecular flexibility index (Phi) is 5.42. The predicted octanol–water partition coefficient (Wildman–Crippen LogP) is 1.22. The maximum atomic E-state index is 12.2. The van der Waals surface area contributed by atoms with Crippen molar-refractivity contribution in [2.24, 2.45) is 5.41 Å². The summed E-state index contributed by atoms with van der Waals surface area (Å²) in [6.45, 7) is 2.11. The largest absolute Gasteiger partial charge is 0.402 e. The average molecular weight is 277 g/mol. The summed E-state index contributed by atoms with van der Waals surface area (Å²) in [5.41, 5.74) is -0.641. The van der Waals surface area contributed by atoms with Crippen LogP contribution in [-0.4, -0.2) is 49.5 Å². The highest BCUT2D eigenvalue weighted by Crippen LogP contribution is 2.22. The van der Waals surface area contributed by atoms with Crippen molar-refractivity contribution in [3.05, 3.63) is 0 Å². The van der Waals surface area contributed by atoms with Crippen LogP contribution in [0.15, 0.2) is 0 Å². The fourth-order valence-corrected chi connectivity index (χ4v) is 3.25. The van der Waals surface area contributed by atoms with Crippen LogP contribution in [0.3, 0.4) is 0 Å². The number of hydrogen-bond acceptors (Lipinski definition) is 3. The van der Waals surface area contributed by atoms with Crippen LogP contribution in [-0.2, 0) is 10.0 Å². The van der Waals surface area contributed by atoms with Gasteiger partial charge in [0.15, 0.2) is 0 Å². The van der Waals surface area contributed by atoms with Crippen LogP contribution in [0.2, 0.25) is 0 Å². The first-order valence-corrected chi connectivity index (χ1v) is 6.64. The summed E-state index contributed by atoms with van der Waals surface area (Å²) in [6.07, 6.45) is -4.61. The van der Waals surface area contributed by atoms with Crippen molar-refractivity contribution in [2.45, 2.75) is 26.9 Å². The molecule has 0 aliphatic rings. The van der Waals surface area contributed by atoms with Crippen LogP contribution in [0.5, 0.6) is 0 Å². The predicted molar refractivity (Wildman–Crippen MR) is 58.0 cm³/mol. The molecule has 0 atom stereocenters. The minimum Gasteiger partial charge on any atom is -0.395 e. The molecule has 0 rings (SSSR count). The molecule has 0 saturated heterocycles. The van der Waals surface area contributed by atoms with Crippen LogP contribution in [0.25, 0.3) is 0 Å². The van der Waals surface area contributed by atoms with E-state index in [0.717, 1.165) is 0 Å². The normalized spacial score (nSPS) is 14.4. The summed E-state index contributed by atoms with van der Waals surface area (Å²) in [7, 11) is -4.02. The third kappa shape index (κ3) is 7.56. The van der Waals surface area contributed by atoms with E-state index in [9.17, 15) is 21.6 Å². The Morgan fingerprint density at radius 1 is 1.18 bits per heavy atom. The topological polar surface area (TPSA) is 57.6 Å². The van der Waals surface area contributed by atoms with Gasteiger partial charge in [0.1, 0.15) is 6.54 Å². The van der Waals surface area contributed by atoms with Gasteiger partial charge in [-0.2, -0.15) is 17.5 Å². The van der Waals surface area contributed by atoms with Gasteiger partial charge < -0.3 is 5.11 Å². The summed E-state index contributed by atoms with van der Waals surface area (Å²) in [6, 6.07) is 0. The molecule has 0 bridgehead atoms. The molecule has 0 radical (unpaired) electrons. The van der Waals surface area contributed by atoms with Crippen LogP contribution in [0.1, 0.15) is 20.8 Å². The van der Waals surface area contributed by atoms with E-state index >= 15 is 0 Å². The van der Waals surface area contributed by atoms with Gasteiger partial charge in [0, 0.05) is 6.54 Å². The highest BCUT2D eigenvalue weighted by atomic mass is 32.2. The van der Waals surface area contributed by atoms with Crippen molar-refractivity contribution < 1.29 is 26.7 Å². The molecule has 104 valence electrons. The van der Waals surface area contributed by atoms with E-state index in [0.29, 0.717) is 0 Å². The van der Waals surface area contributed by atoms with Gasteiger partial charge in [-0.05, 0) is 5.41 Å². The second kappa shape index (κ2) is 5.53. The van der Waals surface area contributed by atoms with Gasteiger partial charge in [-0.15, -0.1) is 0 Å². The molecular formula is C9H18F3NO3S. The molecule has 17 heavy (non-hydrogen) atoms. The average Bonchev–Trinajstić information content (AvgIpc) is 1.95. The summed E-state index contributed by atoms with van der Waals surface area (Å²) in [4.78, 5) is 0. The lowest BCUT2D eigenvalue weighted by molar-refractivity contribution is -0.136. The minimum absolute atomic E-state index is 0.276. The highest BCUT2D eigenvalue weighted by Gasteiger charge is 2.37. The monoisotopic (exact) mass is 277 g/mol. The Hall–Kier alpha value is -0.340. The van der Waals surface area contributed by atoms with Crippen LogP contribution in [0.4, 0.5) is 13.2 Å². The Labute approximate surface area is 99.5 Å². The third-order valence-electron chi connectivity index (χ3n) is 1.71. The zero-order chi connectivity index (χ0) is 13.9. The van der Waals surface area contributed by atoms with E-state index in [1.54, 1.807) is 20.8 Å². The van der Waals surface area contributed by atoms with E-state index in [1.807, 2.05) is 0 Å². The number of nitrogens with zero attached hydrogens (tertiary/aromatic N) is 1. The van der Waals surface area contributed by atoms with Gasteiger partial charge in [0.25, 0.3) is 0 Å². The standard InChI is InChI=1S/C9H18F3NO3S/c1-8(2,3)7-17(15,16)13(4-5-14)6-9(10,11)12/h14H,4-7H2,1-3H3. The zero-order valence-corrected chi connectivity index (χ0v) is 10.9. The molecule has 4 nitrogen and oxygen atoms in total. The summed E-state index contributed by atoms with van der Waals surface area (Å²) in [5.74, 6) is -0.393. The van der Waals surface area contributed by atoms with E-state index < -0.39 is 47.1 Å². The summed E-state index contributed by atoms with van der Waals surface area (Å²) < 4.78 is 60.3. The zero-order valence-electron chi connectivity index (χ0n) is 10.1. The fraction of sp³-hybridized carbons (Fsp3) is 1.00. The van der Waals surface area contributed by atoms with Gasteiger partial charge in [-0.25, -0.2) is 8.42 Å². The van der Waals surface area contributed by atoms with Crippen molar-refractivity contribution in [1.82, 2.24) is 4.31 Å². The lowest BCUT2D eigenvalue weighted by Gasteiger charge is -2.26. The van der Waals surface area contributed by atoms with Crippen molar-refractivity contribution >= 4 is 10.0 Å². The van der Waals surface area contributed by atoms with Crippen molar-refractivity contribution in [3.63, 3.8) is 0 Å². The van der Waals surface area contributed by atoms with Crippen LogP contribution >= 0.6 is 0 Å². The second-order valence-electron chi connectivity index (χ2n) is 4.99. The number of alkyl halides is 3. The van der Waals surface area contributed by atoms with E-state index in [4.69, 9.17) is 5.11 Å². The Morgan fingerprint density at radius 3 is 1.94 bits per heavy atom. The van der Waals surface area contributed by atoms with E-state index in [2.05, 4.69) is 0 Å². The molecule has 0 aromatic heterocycles. The molecule has 0 aromatic carbocycles. The van der Waals surface area contributed by atoms with Gasteiger partial charge in [0.05, 0.1) is 12.4 Å². The number of aliphatic hydroxyl groups is 1. The second-order valence-corrected chi connectivity index (χ2v) is 6.96. The minimum atomic E-state index is -4.61. The molecule has 8 heteroatoms. The van der Waals surface area contributed by atoms with Crippen molar-refractivity contribution in [2.75, 3.05) is 25.4 Å². The van der Waals surface area contributed by atoms with Gasteiger partial charge in [-0.1, -0.05) is 20.8 Å². The Bertz CT molecular complexity index is 332. The maximum Gasteiger partial charge on any atom is 0.402 e. The molecule has 0 aromatic rings. The maximum absolute atomic E-state index is 12.2. The van der Waals surface area contributed by atoms with Gasteiger partial charge in [0.2, 0.25) is 10.0 Å². The highest BCUT2D eigenvalue weighted by molar-refractivity contribution is 7.89. The summed E-state index contributed by atoms with van der Waals surface area (Å²) in [5, 5.41) is 8.62. The number of halogens is 3. The molecule has 0 saturated carbocycles. The molecule has 0 amide bonds. The summed E-state index contributed by atoms with van der Waals surface area (Å²) >= 11 is 0. The quantitative estimate of drug-likeness (QED) is 0.822. The van der Waals surface area contributed by atoms with Crippen LogP contribution in [0, 0.1) is 5.41 Å². The fourth-order valence-electron chi connectivity index (χ4n) is 1.27. The number of rotatable bonds is 5. The van der Waals surface area contributed by atoms with E-state index in [1.165, 1.54) is 0 Å². The first kappa shape index (κ1) is 16.7. The molecule has 0 spiro atoms. The number of hydrogen-bond donors (Lipinski definition) is 1. The lowest BCUT2D eigenvalue weighted by Crippen LogP contribution is -2.43. The molecule has 0 aliphatic carbocycles. The molecule has 0 unspecified atom stereocenters. The van der Waals surface area contributed by atoms with Gasteiger partial charge in [-0.3, -0.25) is 0 Å². The first-order chi connectivity index (χ1) is 7.37. The Balaban J connectivity index is 4.93. The molecule has 0 aliphatic heterocycles. The Morgan fingerprint density at radius 2 is 1.65 bits per heavy atom. The first-order valence-electron chi connectivity index (χ1n) is 5.03. The molecular weight excluding hydrogens is 259 g/mol. The van der Waals surface area contributed by atoms with Gasteiger partial charge >= 0.3 is 6.18 Å². The molecule has 1 N–H and O–H groups in total. The third-order valence-corrected chi connectivity index (χ3v) is 4.04. The smallest absolute Gasteiger partial charge is 0.395 e. The van der Waals surface area contributed by atoms with Crippen molar-refractivity contribution in [3.8, 4) is 0 Å².